The molecular formula is C17H16F2N2O3. The number of hydrogen-bond acceptors (Lipinski definition) is 4. The fourth-order valence-electron chi connectivity index (χ4n) is 2.43. The second kappa shape index (κ2) is 6.92. The molecule has 0 radical (unpaired) electrons. The first-order valence-electron chi connectivity index (χ1n) is 7.48. The van der Waals surface area contributed by atoms with Gasteiger partial charge in [-0.25, -0.2) is 13.8 Å². The summed E-state index contributed by atoms with van der Waals surface area (Å²) in [5, 5.41) is 0. The van der Waals surface area contributed by atoms with Crippen LogP contribution < -0.4 is 9.64 Å². The lowest BCUT2D eigenvalue weighted by molar-refractivity contribution is 0.0990. The molecule has 24 heavy (non-hydrogen) atoms. The Hall–Kier alpha value is -2.54. The number of amides is 1. The Kier molecular flexibility index (Phi) is 4.71. The van der Waals surface area contributed by atoms with Gasteiger partial charge in [0.2, 0.25) is 5.88 Å². The van der Waals surface area contributed by atoms with E-state index in [4.69, 9.17) is 9.47 Å². The van der Waals surface area contributed by atoms with Crippen molar-refractivity contribution in [2.75, 3.05) is 25.2 Å². The molecule has 1 saturated heterocycles. The molecule has 3 rings (SSSR count). The number of nitrogens with zero attached hydrogens (tertiary/aromatic N) is 2. The van der Waals surface area contributed by atoms with E-state index in [-0.39, 0.29) is 17.4 Å². The van der Waals surface area contributed by atoms with Crippen LogP contribution in [-0.2, 0) is 4.74 Å². The van der Waals surface area contributed by atoms with E-state index in [2.05, 4.69) is 4.98 Å². The Morgan fingerprint density at radius 1 is 1.33 bits per heavy atom. The molecule has 7 heteroatoms. The minimum atomic E-state index is -0.680. The first-order chi connectivity index (χ1) is 11.5. The van der Waals surface area contributed by atoms with E-state index < -0.39 is 17.5 Å². The molecule has 2 heterocycles. The van der Waals surface area contributed by atoms with Gasteiger partial charge in [0, 0.05) is 37.4 Å². The lowest BCUT2D eigenvalue weighted by atomic mass is 10.2. The monoisotopic (exact) mass is 334 g/mol. The molecule has 1 aliphatic rings. The van der Waals surface area contributed by atoms with Crippen molar-refractivity contribution < 1.29 is 23.0 Å². The normalized spacial score (nSPS) is 16.9. The van der Waals surface area contributed by atoms with Crippen LogP contribution >= 0.6 is 0 Å². The summed E-state index contributed by atoms with van der Waals surface area (Å²) in [6, 6.07) is 5.93. The van der Waals surface area contributed by atoms with Crippen LogP contribution in [0.2, 0.25) is 0 Å². The number of rotatable bonds is 4. The van der Waals surface area contributed by atoms with E-state index in [1.165, 1.54) is 25.4 Å². The van der Waals surface area contributed by atoms with Crippen LogP contribution in [0.15, 0.2) is 36.5 Å². The molecule has 0 saturated carbocycles. The van der Waals surface area contributed by atoms with Gasteiger partial charge in [-0.3, -0.25) is 4.79 Å². The Bertz CT molecular complexity index is 748. The minimum absolute atomic E-state index is 0.0961. The zero-order chi connectivity index (χ0) is 17.1. The van der Waals surface area contributed by atoms with Crippen molar-refractivity contribution in [1.29, 1.82) is 0 Å². The molecule has 126 valence electrons. The molecule has 1 atom stereocenters. The van der Waals surface area contributed by atoms with Gasteiger partial charge in [0.25, 0.3) is 5.91 Å². The van der Waals surface area contributed by atoms with Crippen molar-refractivity contribution in [3.8, 4) is 5.88 Å². The minimum Gasteiger partial charge on any atom is -0.472 e. The van der Waals surface area contributed by atoms with Crippen molar-refractivity contribution in [2.45, 2.75) is 12.5 Å². The van der Waals surface area contributed by atoms with Gasteiger partial charge in [0.05, 0.1) is 18.9 Å². The van der Waals surface area contributed by atoms with E-state index in [9.17, 15) is 13.6 Å². The van der Waals surface area contributed by atoms with Crippen LogP contribution in [0.5, 0.6) is 5.88 Å². The highest BCUT2D eigenvalue weighted by Gasteiger charge is 2.21. The van der Waals surface area contributed by atoms with Gasteiger partial charge >= 0.3 is 0 Å². The van der Waals surface area contributed by atoms with E-state index in [1.807, 2.05) is 0 Å². The predicted octanol–water partition coefficient (Wildman–Crippen LogP) is 2.80. The predicted molar refractivity (Wildman–Crippen MR) is 83.2 cm³/mol. The van der Waals surface area contributed by atoms with E-state index in [1.54, 1.807) is 0 Å². The Morgan fingerprint density at radius 3 is 2.92 bits per heavy atom. The largest absolute Gasteiger partial charge is 0.472 e. The molecule has 0 unspecified atom stereocenters. The molecule has 1 aliphatic heterocycles. The molecule has 1 aromatic carbocycles. The second-order valence-electron chi connectivity index (χ2n) is 5.45. The average Bonchev–Trinajstić information content (AvgIpc) is 3.09. The third kappa shape index (κ3) is 3.51. The third-order valence-electron chi connectivity index (χ3n) is 3.73. The number of carbonyl (C=O) groups is 1. The zero-order valence-corrected chi connectivity index (χ0v) is 13.0. The molecule has 0 N–H and O–H groups in total. The summed E-state index contributed by atoms with van der Waals surface area (Å²) in [4.78, 5) is 17.6. The van der Waals surface area contributed by atoms with Gasteiger partial charge in [0.15, 0.2) is 0 Å². The standard InChI is InChI=1S/C17H16F2N2O3/c1-21(15-9-12(18)2-3-14(15)19)17(22)11-4-6-20-16(8-11)24-13-5-7-23-10-13/h2-4,6,8-9,13H,5,7,10H2,1H3/t13-/m1/s1. The van der Waals surface area contributed by atoms with Crippen molar-refractivity contribution in [3.63, 3.8) is 0 Å². The average molecular weight is 334 g/mol. The number of anilines is 1. The van der Waals surface area contributed by atoms with Crippen molar-refractivity contribution in [1.82, 2.24) is 4.98 Å². The number of hydrogen-bond donors (Lipinski definition) is 0. The molecule has 0 spiro atoms. The summed E-state index contributed by atoms with van der Waals surface area (Å²) in [5.74, 6) is -1.49. The summed E-state index contributed by atoms with van der Waals surface area (Å²) in [6.07, 6.45) is 2.10. The maximum Gasteiger partial charge on any atom is 0.258 e. The van der Waals surface area contributed by atoms with Gasteiger partial charge < -0.3 is 14.4 Å². The van der Waals surface area contributed by atoms with E-state index in [0.717, 1.165) is 29.5 Å². The first-order valence-corrected chi connectivity index (χ1v) is 7.48. The highest BCUT2D eigenvalue weighted by molar-refractivity contribution is 6.05. The Balaban J connectivity index is 1.80. The van der Waals surface area contributed by atoms with Crippen LogP contribution in [0.3, 0.4) is 0 Å². The molecule has 0 aliphatic carbocycles. The van der Waals surface area contributed by atoms with E-state index in [0.29, 0.717) is 19.1 Å². The second-order valence-corrected chi connectivity index (χ2v) is 5.45. The highest BCUT2D eigenvalue weighted by atomic mass is 19.1. The molecule has 1 fully saturated rings. The maximum atomic E-state index is 13.8. The first kappa shape index (κ1) is 16.3. The van der Waals surface area contributed by atoms with Gasteiger partial charge in [-0.15, -0.1) is 0 Å². The fraction of sp³-hybridized carbons (Fsp3) is 0.294. The molecule has 0 bridgehead atoms. The Morgan fingerprint density at radius 2 is 2.17 bits per heavy atom. The molecular weight excluding hydrogens is 318 g/mol. The Labute approximate surface area is 137 Å². The van der Waals surface area contributed by atoms with Crippen LogP contribution in [-0.4, -0.2) is 37.3 Å². The quantitative estimate of drug-likeness (QED) is 0.863. The topological polar surface area (TPSA) is 51.7 Å². The van der Waals surface area contributed by atoms with Crippen LogP contribution in [0.1, 0.15) is 16.8 Å². The summed E-state index contributed by atoms with van der Waals surface area (Å²) >= 11 is 0. The molecule has 5 nitrogen and oxygen atoms in total. The van der Waals surface area contributed by atoms with Gasteiger partial charge in [-0.1, -0.05) is 0 Å². The van der Waals surface area contributed by atoms with Gasteiger partial charge in [-0.2, -0.15) is 0 Å². The van der Waals surface area contributed by atoms with Gasteiger partial charge in [-0.05, 0) is 18.2 Å². The number of halogens is 2. The van der Waals surface area contributed by atoms with Gasteiger partial charge in [0.1, 0.15) is 17.7 Å². The third-order valence-corrected chi connectivity index (χ3v) is 3.73. The van der Waals surface area contributed by atoms with Crippen molar-refractivity contribution >= 4 is 11.6 Å². The summed E-state index contributed by atoms with van der Waals surface area (Å²) in [6.45, 7) is 1.11. The maximum absolute atomic E-state index is 13.8. The lowest BCUT2D eigenvalue weighted by Crippen LogP contribution is -2.27. The fourth-order valence-corrected chi connectivity index (χ4v) is 2.43. The van der Waals surface area contributed by atoms with Crippen LogP contribution in [0, 0.1) is 11.6 Å². The van der Waals surface area contributed by atoms with Crippen LogP contribution in [0.25, 0.3) is 0 Å². The number of benzene rings is 1. The lowest BCUT2D eigenvalue weighted by Gasteiger charge is -2.18. The summed E-state index contributed by atoms with van der Waals surface area (Å²) < 4.78 is 38.0. The molecule has 2 aromatic rings. The SMILES string of the molecule is CN(C(=O)c1ccnc(O[C@@H]2CCOC2)c1)c1cc(F)ccc1F. The smallest absolute Gasteiger partial charge is 0.258 e. The highest BCUT2D eigenvalue weighted by Crippen LogP contribution is 2.22. The van der Waals surface area contributed by atoms with Crippen molar-refractivity contribution in [3.05, 3.63) is 53.7 Å². The number of aromatic nitrogens is 1. The number of ether oxygens (including phenoxy) is 2. The van der Waals surface area contributed by atoms with E-state index >= 15 is 0 Å². The number of pyridine rings is 1. The zero-order valence-electron chi connectivity index (χ0n) is 13.0. The van der Waals surface area contributed by atoms with Crippen molar-refractivity contribution in [2.24, 2.45) is 0 Å². The number of carbonyl (C=O) groups excluding carboxylic acids is 1. The molecule has 1 aromatic heterocycles. The summed E-state index contributed by atoms with van der Waals surface area (Å²) in [7, 11) is 1.38. The molecule has 1 amide bonds. The van der Waals surface area contributed by atoms with Crippen LogP contribution in [0.4, 0.5) is 14.5 Å². The summed E-state index contributed by atoms with van der Waals surface area (Å²) in [5.41, 5.74) is 0.133.